The molecule has 3 aliphatic rings. The number of ether oxygens (including phenoxy) is 3. The third-order valence-electron chi connectivity index (χ3n) is 4.10. The van der Waals surface area contributed by atoms with Gasteiger partial charge < -0.3 is 14.2 Å². The third-order valence-corrected chi connectivity index (χ3v) is 4.10. The second-order valence-corrected chi connectivity index (χ2v) is 5.30. The van der Waals surface area contributed by atoms with Crippen LogP contribution in [-0.2, 0) is 19.0 Å². The first kappa shape index (κ1) is 12.7. The molecule has 7 heteroatoms. The van der Waals surface area contributed by atoms with Crippen LogP contribution in [0.15, 0.2) is 5.11 Å². The summed E-state index contributed by atoms with van der Waals surface area (Å²) >= 11 is 0. The smallest absolute Gasteiger partial charge is 0.306 e. The molecule has 0 N–H and O–H groups in total. The van der Waals surface area contributed by atoms with Gasteiger partial charge in [-0.15, -0.1) is 0 Å². The van der Waals surface area contributed by atoms with Gasteiger partial charge in [-0.3, -0.25) is 4.79 Å². The molecule has 3 rings (SSSR count). The molecular weight excluding hydrogens is 250 g/mol. The largest absolute Gasteiger partial charge is 0.462 e. The maximum absolute atomic E-state index is 11.3. The van der Waals surface area contributed by atoms with E-state index in [9.17, 15) is 4.79 Å². The molecule has 1 saturated carbocycles. The van der Waals surface area contributed by atoms with Gasteiger partial charge in [0, 0.05) is 23.9 Å². The molecule has 7 nitrogen and oxygen atoms in total. The summed E-state index contributed by atoms with van der Waals surface area (Å²) in [5, 5.41) is 3.82. The van der Waals surface area contributed by atoms with Crippen LogP contribution in [0.2, 0.25) is 0 Å². The van der Waals surface area contributed by atoms with Crippen LogP contribution in [0.3, 0.4) is 0 Å². The van der Waals surface area contributed by atoms with E-state index in [1.54, 1.807) is 0 Å². The van der Waals surface area contributed by atoms with Gasteiger partial charge in [0.1, 0.15) is 6.10 Å². The molecule has 3 fully saturated rings. The highest BCUT2D eigenvalue weighted by atomic mass is 16.7. The van der Waals surface area contributed by atoms with E-state index < -0.39 is 0 Å². The summed E-state index contributed by atoms with van der Waals surface area (Å²) in [7, 11) is 0. The van der Waals surface area contributed by atoms with Gasteiger partial charge in [0.2, 0.25) is 0 Å². The molecule has 0 amide bonds. The van der Waals surface area contributed by atoms with Crippen molar-refractivity contribution >= 4 is 5.97 Å². The number of hydrogen-bond acceptors (Lipinski definition) is 5. The van der Waals surface area contributed by atoms with Crippen LogP contribution in [0.1, 0.15) is 32.1 Å². The van der Waals surface area contributed by atoms with Gasteiger partial charge in [-0.2, -0.15) is 0 Å². The molecule has 2 saturated heterocycles. The van der Waals surface area contributed by atoms with Crippen LogP contribution >= 0.6 is 0 Å². The molecule has 1 aliphatic carbocycles. The molecule has 0 aromatic carbocycles. The average molecular weight is 267 g/mol. The Hall–Kier alpha value is -1.30. The van der Waals surface area contributed by atoms with Gasteiger partial charge in [0.15, 0.2) is 6.29 Å². The Labute approximate surface area is 110 Å². The fourth-order valence-corrected chi connectivity index (χ4v) is 3.21. The lowest BCUT2D eigenvalue weighted by Crippen LogP contribution is -2.33. The minimum absolute atomic E-state index is 0.0445. The minimum atomic E-state index is -0.327. The van der Waals surface area contributed by atoms with E-state index in [-0.39, 0.29) is 36.4 Å². The predicted molar refractivity (Wildman–Crippen MR) is 64.0 cm³/mol. The number of carbonyl (C=O) groups is 1. The van der Waals surface area contributed by atoms with Gasteiger partial charge in [-0.25, -0.2) is 0 Å². The van der Waals surface area contributed by atoms with Crippen LogP contribution < -0.4 is 0 Å². The molecule has 5 atom stereocenters. The Kier molecular flexibility index (Phi) is 3.59. The van der Waals surface area contributed by atoms with Crippen LogP contribution in [-0.4, -0.2) is 37.1 Å². The molecule has 0 radical (unpaired) electrons. The van der Waals surface area contributed by atoms with E-state index in [1.807, 2.05) is 0 Å². The number of azide groups is 1. The lowest BCUT2D eigenvalue weighted by molar-refractivity contribution is -0.191. The Bertz CT molecular complexity index is 404. The summed E-state index contributed by atoms with van der Waals surface area (Å²) in [5.41, 5.74) is 8.68. The molecule has 0 aromatic heterocycles. The molecular formula is C12H17N3O4. The summed E-state index contributed by atoms with van der Waals surface area (Å²) in [6, 6.07) is -0.327. The Morgan fingerprint density at radius 1 is 1.42 bits per heavy atom. The summed E-state index contributed by atoms with van der Waals surface area (Å²) < 4.78 is 16.7. The molecule has 1 unspecified atom stereocenters. The van der Waals surface area contributed by atoms with Gasteiger partial charge >= 0.3 is 5.97 Å². The monoisotopic (exact) mass is 267 g/mol. The Morgan fingerprint density at radius 3 is 3.05 bits per heavy atom. The number of fused-ring (bicyclic) bond motifs is 1. The zero-order valence-corrected chi connectivity index (χ0v) is 10.6. The van der Waals surface area contributed by atoms with Crippen LogP contribution in [0.25, 0.3) is 10.4 Å². The highest BCUT2D eigenvalue weighted by Crippen LogP contribution is 2.41. The number of rotatable bonds is 3. The maximum atomic E-state index is 11.3. The van der Waals surface area contributed by atoms with Crippen molar-refractivity contribution in [2.75, 3.05) is 6.61 Å². The predicted octanol–water partition coefficient (Wildman–Crippen LogP) is 1.91. The zero-order chi connectivity index (χ0) is 13.2. The first-order chi connectivity index (χ1) is 9.28. The molecule has 0 aromatic rings. The molecule has 2 heterocycles. The minimum Gasteiger partial charge on any atom is -0.462 e. The van der Waals surface area contributed by atoms with Crippen molar-refractivity contribution in [3.63, 3.8) is 0 Å². The van der Waals surface area contributed by atoms with Crippen molar-refractivity contribution in [3.05, 3.63) is 10.4 Å². The SMILES string of the molecule is [N-]=[N+]=N[C@H]1[C@@H]2CC(=O)O[C@@H]2C[C@@H]1OC1CCCCO1. The first-order valence-electron chi connectivity index (χ1n) is 6.78. The van der Waals surface area contributed by atoms with Crippen molar-refractivity contribution < 1.29 is 19.0 Å². The van der Waals surface area contributed by atoms with Gasteiger partial charge in [0.05, 0.1) is 18.6 Å². The lowest BCUT2D eigenvalue weighted by atomic mass is 10.0. The first-order valence-corrected chi connectivity index (χ1v) is 6.78. The Morgan fingerprint density at radius 2 is 2.32 bits per heavy atom. The van der Waals surface area contributed by atoms with Gasteiger partial charge in [-0.1, -0.05) is 5.11 Å². The van der Waals surface area contributed by atoms with Crippen molar-refractivity contribution in [3.8, 4) is 0 Å². The van der Waals surface area contributed by atoms with E-state index in [0.29, 0.717) is 19.4 Å². The average Bonchev–Trinajstić information content (AvgIpc) is 2.90. The second-order valence-electron chi connectivity index (χ2n) is 5.30. The second kappa shape index (κ2) is 5.36. The Balaban J connectivity index is 1.67. The summed E-state index contributed by atoms with van der Waals surface area (Å²) in [6.07, 6.45) is 3.34. The van der Waals surface area contributed by atoms with Gasteiger partial charge in [0.25, 0.3) is 0 Å². The molecule has 19 heavy (non-hydrogen) atoms. The molecule has 2 aliphatic heterocycles. The summed E-state index contributed by atoms with van der Waals surface area (Å²) in [5.74, 6) is -0.252. The summed E-state index contributed by atoms with van der Waals surface area (Å²) in [6.45, 7) is 0.714. The van der Waals surface area contributed by atoms with Gasteiger partial charge in [-0.05, 0) is 24.8 Å². The van der Waals surface area contributed by atoms with Crippen LogP contribution in [0.4, 0.5) is 0 Å². The van der Waals surface area contributed by atoms with Crippen molar-refractivity contribution in [1.82, 2.24) is 0 Å². The fraction of sp³-hybridized carbons (Fsp3) is 0.917. The number of nitrogens with zero attached hydrogens (tertiary/aromatic N) is 3. The van der Waals surface area contributed by atoms with Crippen molar-refractivity contribution in [2.24, 2.45) is 11.0 Å². The standard InChI is InChI=1S/C12H17N3O4/c13-15-14-12-7-5-10(16)18-8(7)6-9(12)19-11-3-1-2-4-17-11/h7-9,11-12H,1-6H2/t7-,8-,9+,11?,12+/m1/s1. The zero-order valence-electron chi connectivity index (χ0n) is 10.6. The summed E-state index contributed by atoms with van der Waals surface area (Å²) in [4.78, 5) is 14.2. The lowest BCUT2D eigenvalue weighted by Gasteiger charge is -2.28. The number of esters is 1. The topological polar surface area (TPSA) is 93.5 Å². The third kappa shape index (κ3) is 2.54. The number of hydrogen-bond donors (Lipinski definition) is 0. The molecule has 0 bridgehead atoms. The quantitative estimate of drug-likeness (QED) is 0.338. The fourth-order valence-electron chi connectivity index (χ4n) is 3.21. The van der Waals surface area contributed by atoms with Crippen molar-refractivity contribution in [1.29, 1.82) is 0 Å². The molecule has 0 spiro atoms. The van der Waals surface area contributed by atoms with E-state index >= 15 is 0 Å². The van der Waals surface area contributed by atoms with Crippen LogP contribution in [0.5, 0.6) is 0 Å². The van der Waals surface area contributed by atoms with Crippen LogP contribution in [0, 0.1) is 5.92 Å². The normalized spacial score (nSPS) is 41.5. The van der Waals surface area contributed by atoms with E-state index in [4.69, 9.17) is 19.7 Å². The van der Waals surface area contributed by atoms with Crippen molar-refractivity contribution in [2.45, 2.75) is 56.6 Å². The van der Waals surface area contributed by atoms with E-state index in [2.05, 4.69) is 10.0 Å². The van der Waals surface area contributed by atoms with E-state index in [0.717, 1.165) is 19.3 Å². The van der Waals surface area contributed by atoms with E-state index in [1.165, 1.54) is 0 Å². The number of carbonyl (C=O) groups excluding carboxylic acids is 1. The maximum Gasteiger partial charge on any atom is 0.306 e. The molecule has 104 valence electrons. The highest BCUT2D eigenvalue weighted by molar-refractivity contribution is 5.72. The highest BCUT2D eigenvalue weighted by Gasteiger charge is 2.51.